The lowest BCUT2D eigenvalue weighted by molar-refractivity contribution is -0.304. The molecule has 2 aromatic rings. The van der Waals surface area contributed by atoms with Crippen molar-refractivity contribution in [3.05, 3.63) is 46.2 Å². The zero-order chi connectivity index (χ0) is 10.8. The second kappa shape index (κ2) is 3.57. The fourth-order valence-electron chi connectivity index (χ4n) is 1.58. The largest absolute Gasteiger partial charge is 0.550 e. The molecule has 76 valence electrons. The molecular formula is C11H8NO3-. The van der Waals surface area contributed by atoms with E-state index in [1.165, 1.54) is 6.07 Å². The van der Waals surface area contributed by atoms with Gasteiger partial charge in [-0.3, -0.25) is 4.79 Å². The fraction of sp³-hybridized carbons (Fsp3) is 0.0909. The molecule has 0 radical (unpaired) electrons. The third-order valence-electron chi connectivity index (χ3n) is 2.17. The first-order chi connectivity index (χ1) is 7.16. The maximum absolute atomic E-state index is 11.2. The van der Waals surface area contributed by atoms with Gasteiger partial charge >= 0.3 is 0 Å². The molecule has 15 heavy (non-hydrogen) atoms. The van der Waals surface area contributed by atoms with E-state index in [2.05, 4.69) is 4.98 Å². The van der Waals surface area contributed by atoms with Gasteiger partial charge in [0.25, 0.3) is 0 Å². The number of carbonyl (C=O) groups is 1. The van der Waals surface area contributed by atoms with Gasteiger partial charge in [-0.2, -0.15) is 0 Å². The average molecular weight is 202 g/mol. The predicted molar refractivity (Wildman–Crippen MR) is 53.3 cm³/mol. The molecule has 1 aromatic heterocycles. The smallest absolute Gasteiger partial charge is 0.248 e. The van der Waals surface area contributed by atoms with Crippen LogP contribution in [-0.4, -0.2) is 11.0 Å². The zero-order valence-electron chi connectivity index (χ0n) is 7.82. The summed E-state index contributed by atoms with van der Waals surface area (Å²) < 4.78 is 0. The third kappa shape index (κ3) is 1.88. The van der Waals surface area contributed by atoms with Crippen LogP contribution < -0.4 is 10.7 Å². The quantitative estimate of drug-likeness (QED) is 0.734. The van der Waals surface area contributed by atoms with Crippen LogP contribution in [0.3, 0.4) is 0 Å². The Morgan fingerprint density at radius 1 is 1.33 bits per heavy atom. The molecule has 1 N–H and O–H groups in total. The summed E-state index contributed by atoms with van der Waals surface area (Å²) in [6.07, 6.45) is -0.246. The van der Waals surface area contributed by atoms with Crippen molar-refractivity contribution < 1.29 is 9.90 Å². The Morgan fingerprint density at radius 2 is 2.07 bits per heavy atom. The molecule has 4 heteroatoms. The summed E-state index contributed by atoms with van der Waals surface area (Å²) in [6.45, 7) is 0. The lowest BCUT2D eigenvalue weighted by atomic mass is 10.1. The lowest BCUT2D eigenvalue weighted by Gasteiger charge is -2.06. The molecule has 0 amide bonds. The molecule has 1 aromatic carbocycles. The number of nitrogens with one attached hydrogen (secondary N) is 1. The van der Waals surface area contributed by atoms with Crippen molar-refractivity contribution in [2.75, 3.05) is 0 Å². The van der Waals surface area contributed by atoms with Crippen LogP contribution in [0.15, 0.2) is 35.1 Å². The molecule has 0 atom stereocenters. The van der Waals surface area contributed by atoms with Gasteiger partial charge in [-0.25, -0.2) is 0 Å². The van der Waals surface area contributed by atoms with Crippen molar-refractivity contribution in [3.8, 4) is 0 Å². The number of benzene rings is 1. The molecule has 4 nitrogen and oxygen atoms in total. The Labute approximate surface area is 85.2 Å². The van der Waals surface area contributed by atoms with Gasteiger partial charge in [-0.1, -0.05) is 18.2 Å². The van der Waals surface area contributed by atoms with Crippen molar-refractivity contribution in [2.45, 2.75) is 6.42 Å². The first-order valence-corrected chi connectivity index (χ1v) is 4.47. The number of hydrogen-bond acceptors (Lipinski definition) is 3. The summed E-state index contributed by atoms with van der Waals surface area (Å²) in [4.78, 5) is 24.4. The lowest BCUT2D eigenvalue weighted by Crippen LogP contribution is -2.25. The van der Waals surface area contributed by atoms with Gasteiger partial charge < -0.3 is 14.9 Å². The number of aromatic nitrogens is 1. The van der Waals surface area contributed by atoms with Gasteiger partial charge in [0.05, 0.1) is 0 Å². The molecule has 0 spiro atoms. The van der Waals surface area contributed by atoms with E-state index < -0.39 is 5.97 Å². The van der Waals surface area contributed by atoms with Crippen molar-refractivity contribution in [2.24, 2.45) is 0 Å². The van der Waals surface area contributed by atoms with E-state index in [4.69, 9.17) is 0 Å². The Morgan fingerprint density at radius 3 is 2.80 bits per heavy atom. The minimum absolute atomic E-state index is 0.246. The number of rotatable bonds is 2. The summed E-state index contributed by atoms with van der Waals surface area (Å²) in [6, 6.07) is 8.36. The molecule has 0 aliphatic carbocycles. The number of aromatic amines is 1. The van der Waals surface area contributed by atoms with Crippen LogP contribution in [0.25, 0.3) is 10.9 Å². The first kappa shape index (κ1) is 9.45. The van der Waals surface area contributed by atoms with E-state index in [1.54, 1.807) is 24.3 Å². The summed E-state index contributed by atoms with van der Waals surface area (Å²) in [5, 5.41) is 11.2. The predicted octanol–water partition coefficient (Wildman–Crippen LogP) is -0.180. The number of aliphatic carboxylic acids is 1. The molecule has 0 fully saturated rings. The molecule has 0 aliphatic rings. The highest BCUT2D eigenvalue weighted by molar-refractivity contribution is 5.85. The molecule has 0 bridgehead atoms. The minimum atomic E-state index is -1.19. The standard InChI is InChI=1S/C11H9NO3/c13-10-5-7(6-11(14)15)8-3-1-2-4-9(8)12-10/h1-5H,6H2,(H,12,13)(H,14,15)/p-1. The zero-order valence-corrected chi connectivity index (χ0v) is 7.82. The molecule has 2 rings (SSSR count). The number of carboxylic acids is 1. The second-order valence-corrected chi connectivity index (χ2v) is 3.25. The molecule has 0 unspecified atom stereocenters. The number of fused-ring (bicyclic) bond motifs is 1. The van der Waals surface area contributed by atoms with Crippen LogP contribution in [0.4, 0.5) is 0 Å². The average Bonchev–Trinajstić information content (AvgIpc) is 2.16. The molecule has 0 aliphatic heterocycles. The van der Waals surface area contributed by atoms with E-state index in [9.17, 15) is 14.7 Å². The number of hydrogen-bond donors (Lipinski definition) is 1. The van der Waals surface area contributed by atoms with Crippen LogP contribution in [0, 0.1) is 0 Å². The summed E-state index contributed by atoms with van der Waals surface area (Å²) in [5.41, 5.74) is 0.820. The first-order valence-electron chi connectivity index (χ1n) is 4.47. The number of para-hydroxylation sites is 1. The topological polar surface area (TPSA) is 73.0 Å². The molecule has 0 saturated carbocycles. The Balaban J connectivity index is 2.71. The number of carboxylic acid groups (broad SMARTS) is 1. The molecule has 1 heterocycles. The van der Waals surface area contributed by atoms with Crippen molar-refractivity contribution in [1.82, 2.24) is 4.98 Å². The minimum Gasteiger partial charge on any atom is -0.550 e. The second-order valence-electron chi connectivity index (χ2n) is 3.25. The Bertz CT molecular complexity index is 571. The van der Waals surface area contributed by atoms with E-state index in [0.717, 1.165) is 5.39 Å². The molecular weight excluding hydrogens is 194 g/mol. The van der Waals surface area contributed by atoms with E-state index in [0.29, 0.717) is 11.1 Å². The van der Waals surface area contributed by atoms with Gasteiger partial charge in [-0.15, -0.1) is 0 Å². The van der Waals surface area contributed by atoms with Crippen LogP contribution in [-0.2, 0) is 11.2 Å². The van der Waals surface area contributed by atoms with Crippen LogP contribution in [0.5, 0.6) is 0 Å². The van der Waals surface area contributed by atoms with Crippen molar-refractivity contribution >= 4 is 16.9 Å². The molecule has 0 saturated heterocycles. The van der Waals surface area contributed by atoms with Crippen molar-refractivity contribution in [3.63, 3.8) is 0 Å². The normalized spacial score (nSPS) is 10.4. The van der Waals surface area contributed by atoms with Gasteiger partial charge in [0.15, 0.2) is 0 Å². The number of carbonyl (C=O) groups excluding carboxylic acids is 1. The Hall–Kier alpha value is -2.10. The van der Waals surface area contributed by atoms with E-state index in [1.807, 2.05) is 0 Å². The van der Waals surface area contributed by atoms with Gasteiger partial charge in [0, 0.05) is 29.4 Å². The summed E-state index contributed by atoms with van der Waals surface area (Å²) in [5.74, 6) is -1.19. The summed E-state index contributed by atoms with van der Waals surface area (Å²) >= 11 is 0. The SMILES string of the molecule is O=C([O-])Cc1cc(=O)[nH]c2ccccc12. The van der Waals surface area contributed by atoms with Crippen LogP contribution in [0.1, 0.15) is 5.56 Å². The van der Waals surface area contributed by atoms with Gasteiger partial charge in [0.1, 0.15) is 0 Å². The van der Waals surface area contributed by atoms with Crippen LogP contribution in [0.2, 0.25) is 0 Å². The summed E-state index contributed by atoms with van der Waals surface area (Å²) in [7, 11) is 0. The monoisotopic (exact) mass is 202 g/mol. The number of pyridine rings is 1. The maximum atomic E-state index is 11.2. The van der Waals surface area contributed by atoms with Gasteiger partial charge in [0.2, 0.25) is 5.56 Å². The highest BCUT2D eigenvalue weighted by atomic mass is 16.4. The maximum Gasteiger partial charge on any atom is 0.248 e. The highest BCUT2D eigenvalue weighted by Crippen LogP contribution is 2.14. The third-order valence-corrected chi connectivity index (χ3v) is 2.17. The van der Waals surface area contributed by atoms with Crippen molar-refractivity contribution in [1.29, 1.82) is 0 Å². The van der Waals surface area contributed by atoms with Crippen LogP contribution >= 0.6 is 0 Å². The van der Waals surface area contributed by atoms with Gasteiger partial charge in [-0.05, 0) is 11.6 Å². The number of H-pyrrole nitrogens is 1. The van der Waals surface area contributed by atoms with E-state index in [-0.39, 0.29) is 12.0 Å². The fourth-order valence-corrected chi connectivity index (χ4v) is 1.58. The Kier molecular flexibility index (Phi) is 2.25. The highest BCUT2D eigenvalue weighted by Gasteiger charge is 2.02. The van der Waals surface area contributed by atoms with E-state index >= 15 is 0 Å².